The number of amides is 2. The first-order chi connectivity index (χ1) is 14.9. The minimum Gasteiger partial charge on any atom is -0.492 e. The molecule has 2 amide bonds. The molecule has 0 aromatic heterocycles. The van der Waals surface area contributed by atoms with E-state index in [1.54, 1.807) is 6.92 Å². The summed E-state index contributed by atoms with van der Waals surface area (Å²) in [6, 6.07) is 7.43. The highest BCUT2D eigenvalue weighted by molar-refractivity contribution is 5.74. The van der Waals surface area contributed by atoms with Crippen molar-refractivity contribution >= 4 is 12.0 Å². The first-order valence-corrected chi connectivity index (χ1v) is 11.5. The fourth-order valence-corrected chi connectivity index (χ4v) is 3.92. The number of urea groups is 1. The molecule has 1 unspecified atom stereocenters. The second-order valence-electron chi connectivity index (χ2n) is 8.51. The van der Waals surface area contributed by atoms with Gasteiger partial charge < -0.3 is 24.8 Å². The molecule has 1 fully saturated rings. The number of nitrogens with one attached hydrogen (secondary N) is 1. The van der Waals surface area contributed by atoms with Gasteiger partial charge in [-0.25, -0.2) is 9.59 Å². The van der Waals surface area contributed by atoms with Gasteiger partial charge in [-0.15, -0.1) is 0 Å². The van der Waals surface area contributed by atoms with Gasteiger partial charge in [-0.2, -0.15) is 0 Å². The molecule has 1 aliphatic rings. The maximum absolute atomic E-state index is 12.6. The number of nitrogens with zero attached hydrogens (tertiary/aromatic N) is 1. The zero-order chi connectivity index (χ0) is 22.6. The van der Waals surface area contributed by atoms with E-state index in [0.29, 0.717) is 31.9 Å². The highest BCUT2D eigenvalue weighted by Gasteiger charge is 2.20. The number of hydrogen-bond donors (Lipinski definition) is 2. The van der Waals surface area contributed by atoms with Crippen LogP contribution >= 0.6 is 0 Å². The van der Waals surface area contributed by atoms with Crippen molar-refractivity contribution in [3.05, 3.63) is 29.8 Å². The van der Waals surface area contributed by atoms with E-state index in [9.17, 15) is 14.7 Å². The van der Waals surface area contributed by atoms with Gasteiger partial charge in [0.15, 0.2) is 6.10 Å². The van der Waals surface area contributed by atoms with Gasteiger partial charge in [0.2, 0.25) is 0 Å². The minimum atomic E-state index is -0.959. The molecule has 1 aromatic carbocycles. The van der Waals surface area contributed by atoms with Gasteiger partial charge in [0.1, 0.15) is 12.4 Å². The Bertz CT molecular complexity index is 671. The third-order valence-electron chi connectivity index (χ3n) is 5.60. The fraction of sp³-hybridized carbons (Fsp3) is 0.667. The average Bonchev–Trinajstić information content (AvgIpc) is 3.24. The van der Waals surface area contributed by atoms with Crippen molar-refractivity contribution in [3.63, 3.8) is 0 Å². The first-order valence-electron chi connectivity index (χ1n) is 11.5. The van der Waals surface area contributed by atoms with Crippen LogP contribution < -0.4 is 10.1 Å². The molecule has 31 heavy (non-hydrogen) atoms. The molecule has 0 radical (unpaired) electrons. The van der Waals surface area contributed by atoms with Gasteiger partial charge in [0, 0.05) is 25.6 Å². The molecule has 1 saturated carbocycles. The van der Waals surface area contributed by atoms with Crippen molar-refractivity contribution < 1.29 is 24.2 Å². The van der Waals surface area contributed by atoms with Crippen molar-refractivity contribution in [1.82, 2.24) is 10.2 Å². The fourth-order valence-electron chi connectivity index (χ4n) is 3.92. The molecule has 1 aromatic rings. The Morgan fingerprint density at radius 2 is 1.84 bits per heavy atom. The van der Waals surface area contributed by atoms with Gasteiger partial charge in [-0.1, -0.05) is 37.8 Å². The van der Waals surface area contributed by atoms with Crippen LogP contribution in [0.25, 0.3) is 0 Å². The molecule has 0 saturated heterocycles. The van der Waals surface area contributed by atoms with E-state index in [2.05, 4.69) is 5.32 Å². The quantitative estimate of drug-likeness (QED) is 0.488. The Balaban J connectivity index is 1.83. The van der Waals surface area contributed by atoms with Gasteiger partial charge in [0.25, 0.3) is 0 Å². The summed E-state index contributed by atoms with van der Waals surface area (Å²) in [6.07, 6.45) is 5.67. The molecule has 7 heteroatoms. The molecule has 0 heterocycles. The largest absolute Gasteiger partial charge is 0.492 e. The summed E-state index contributed by atoms with van der Waals surface area (Å²) in [6.45, 7) is 7.76. The van der Waals surface area contributed by atoms with Crippen LogP contribution in [0.2, 0.25) is 0 Å². The van der Waals surface area contributed by atoms with E-state index < -0.39 is 12.1 Å². The molecular formula is C24H38N2O5. The first kappa shape index (κ1) is 25.0. The molecule has 1 aliphatic carbocycles. The number of ether oxygens (including phenoxy) is 2. The van der Waals surface area contributed by atoms with Crippen LogP contribution in [0.15, 0.2) is 24.3 Å². The zero-order valence-corrected chi connectivity index (χ0v) is 19.1. The number of carboxylic acid groups (broad SMARTS) is 1. The molecule has 2 N–H and O–H groups in total. The van der Waals surface area contributed by atoms with E-state index >= 15 is 0 Å². The average molecular weight is 435 g/mol. The monoisotopic (exact) mass is 434 g/mol. The molecule has 1 atom stereocenters. The maximum Gasteiger partial charge on any atom is 0.333 e. The summed E-state index contributed by atoms with van der Waals surface area (Å²) in [5, 5.41) is 12.2. The van der Waals surface area contributed by atoms with Crippen molar-refractivity contribution in [2.45, 2.75) is 71.4 Å². The molecular weight excluding hydrogens is 396 g/mol. The molecule has 0 spiro atoms. The standard InChI is InChI=1S/C24H38N2O5/c1-4-30-22(23(27)28)17-20-9-11-21(12-10-20)31-16-15-26(24(29)25-18(2)3)14-13-19-7-5-6-8-19/h9-12,18-19,22H,4-8,13-17H2,1-3H3,(H,25,29)(H,27,28). The minimum absolute atomic E-state index is 0.0393. The summed E-state index contributed by atoms with van der Waals surface area (Å²) in [7, 11) is 0. The molecule has 7 nitrogen and oxygen atoms in total. The highest BCUT2D eigenvalue weighted by atomic mass is 16.5. The Morgan fingerprint density at radius 3 is 2.42 bits per heavy atom. The lowest BCUT2D eigenvalue weighted by atomic mass is 10.0. The smallest absolute Gasteiger partial charge is 0.333 e. The highest BCUT2D eigenvalue weighted by Crippen LogP contribution is 2.27. The number of rotatable bonds is 13. The van der Waals surface area contributed by atoms with Crippen LogP contribution in [-0.2, 0) is 16.0 Å². The summed E-state index contributed by atoms with van der Waals surface area (Å²) >= 11 is 0. The van der Waals surface area contributed by atoms with Crippen LogP contribution in [0.1, 0.15) is 58.4 Å². The van der Waals surface area contributed by atoms with Gasteiger partial charge >= 0.3 is 12.0 Å². The predicted octanol–water partition coefficient (Wildman–Crippen LogP) is 4.10. The van der Waals surface area contributed by atoms with E-state index in [0.717, 1.165) is 24.4 Å². The van der Waals surface area contributed by atoms with E-state index in [1.807, 2.05) is 43.0 Å². The molecule has 0 bridgehead atoms. The van der Waals surface area contributed by atoms with Gasteiger partial charge in [0.05, 0.1) is 6.54 Å². The maximum atomic E-state index is 12.6. The lowest BCUT2D eigenvalue weighted by molar-refractivity contribution is -0.149. The van der Waals surface area contributed by atoms with Crippen LogP contribution in [0.5, 0.6) is 5.75 Å². The number of benzene rings is 1. The topological polar surface area (TPSA) is 88.1 Å². The van der Waals surface area contributed by atoms with Crippen molar-refractivity contribution in [2.75, 3.05) is 26.3 Å². The van der Waals surface area contributed by atoms with Gasteiger partial charge in [-0.3, -0.25) is 0 Å². The SMILES string of the molecule is CCOC(Cc1ccc(OCCN(CCC2CCCC2)C(=O)NC(C)C)cc1)C(=O)O. The van der Waals surface area contributed by atoms with E-state index in [1.165, 1.54) is 25.7 Å². The van der Waals surface area contributed by atoms with E-state index in [4.69, 9.17) is 9.47 Å². The molecule has 174 valence electrons. The summed E-state index contributed by atoms with van der Waals surface area (Å²) in [4.78, 5) is 25.6. The van der Waals surface area contributed by atoms with Crippen LogP contribution in [0.4, 0.5) is 4.79 Å². The van der Waals surface area contributed by atoms with Crippen LogP contribution in [0.3, 0.4) is 0 Å². The zero-order valence-electron chi connectivity index (χ0n) is 19.1. The molecule has 0 aliphatic heterocycles. The third-order valence-corrected chi connectivity index (χ3v) is 5.60. The van der Waals surface area contributed by atoms with Crippen molar-refractivity contribution in [2.24, 2.45) is 5.92 Å². The summed E-state index contributed by atoms with van der Waals surface area (Å²) in [5.41, 5.74) is 0.878. The Hall–Kier alpha value is -2.28. The van der Waals surface area contributed by atoms with Crippen molar-refractivity contribution in [1.29, 1.82) is 0 Å². The number of hydrogen-bond acceptors (Lipinski definition) is 4. The summed E-state index contributed by atoms with van der Waals surface area (Å²) in [5.74, 6) is 0.473. The third kappa shape index (κ3) is 9.17. The number of carbonyl (C=O) groups excluding carboxylic acids is 1. The van der Waals surface area contributed by atoms with Gasteiger partial charge in [-0.05, 0) is 50.8 Å². The lowest BCUT2D eigenvalue weighted by Gasteiger charge is -2.25. The number of carboxylic acids is 1. The second kappa shape index (κ2) is 13.2. The van der Waals surface area contributed by atoms with Crippen LogP contribution in [-0.4, -0.2) is 60.5 Å². The number of aliphatic carboxylic acids is 1. The van der Waals surface area contributed by atoms with Crippen molar-refractivity contribution in [3.8, 4) is 5.75 Å². The lowest BCUT2D eigenvalue weighted by Crippen LogP contribution is -2.45. The Morgan fingerprint density at radius 1 is 1.16 bits per heavy atom. The predicted molar refractivity (Wildman–Crippen MR) is 121 cm³/mol. The normalized spacial score (nSPS) is 15.1. The number of carbonyl (C=O) groups is 2. The van der Waals surface area contributed by atoms with Crippen LogP contribution in [0, 0.1) is 5.92 Å². The second-order valence-corrected chi connectivity index (χ2v) is 8.51. The summed E-state index contributed by atoms with van der Waals surface area (Å²) < 4.78 is 11.1. The Labute approximate surface area is 186 Å². The van der Waals surface area contributed by atoms with E-state index in [-0.39, 0.29) is 12.1 Å². The Kier molecular flexibility index (Phi) is 10.6. The molecule has 2 rings (SSSR count).